The molecule has 0 aliphatic heterocycles. The number of imidazole rings is 1. The van der Waals surface area contributed by atoms with Crippen LogP contribution in [0, 0.1) is 0 Å². The Labute approximate surface area is 150 Å². The van der Waals surface area contributed by atoms with Crippen molar-refractivity contribution in [3.8, 4) is 5.75 Å². The first kappa shape index (κ1) is 17.1. The molecule has 0 spiro atoms. The maximum Gasteiger partial charge on any atom is 0.148 e. The van der Waals surface area contributed by atoms with Gasteiger partial charge in [0.25, 0.3) is 0 Å². The number of hydrogen-bond donors (Lipinski definition) is 0. The molecule has 4 nitrogen and oxygen atoms in total. The van der Waals surface area contributed by atoms with E-state index in [1.165, 1.54) is 0 Å². The van der Waals surface area contributed by atoms with E-state index >= 15 is 0 Å². The monoisotopic (exact) mass is 364 g/mol. The van der Waals surface area contributed by atoms with Gasteiger partial charge >= 0.3 is 0 Å². The van der Waals surface area contributed by atoms with E-state index in [-0.39, 0.29) is 0 Å². The molecule has 0 bridgehead atoms. The third-order valence-corrected chi connectivity index (χ3v) is 4.19. The van der Waals surface area contributed by atoms with E-state index in [9.17, 15) is 0 Å². The maximum absolute atomic E-state index is 6.08. The van der Waals surface area contributed by atoms with Crippen LogP contribution >= 0.6 is 23.2 Å². The van der Waals surface area contributed by atoms with Crippen LogP contribution < -0.4 is 4.74 Å². The minimum absolute atomic E-state index is 0.376. The molecule has 1 aromatic heterocycles. The van der Waals surface area contributed by atoms with Gasteiger partial charge in [0.05, 0.1) is 11.0 Å². The van der Waals surface area contributed by atoms with Crippen LogP contribution in [0.4, 0.5) is 0 Å². The van der Waals surface area contributed by atoms with E-state index in [2.05, 4.69) is 9.55 Å². The number of aromatic nitrogens is 2. The molecule has 3 aromatic rings. The van der Waals surface area contributed by atoms with Crippen LogP contribution in [-0.2, 0) is 17.9 Å². The van der Waals surface area contributed by atoms with E-state index in [4.69, 9.17) is 32.7 Å². The Bertz CT molecular complexity index is 816. The molecule has 3 rings (SSSR count). The summed E-state index contributed by atoms with van der Waals surface area (Å²) in [7, 11) is 1.70. The molecule has 2 aromatic carbocycles. The summed E-state index contributed by atoms with van der Waals surface area (Å²) in [5.74, 6) is 1.62. The van der Waals surface area contributed by atoms with Crippen molar-refractivity contribution in [2.45, 2.75) is 19.6 Å². The number of ether oxygens (including phenoxy) is 2. The zero-order chi connectivity index (χ0) is 16.9. The van der Waals surface area contributed by atoms with Crippen LogP contribution in [-0.4, -0.2) is 23.3 Å². The summed E-state index contributed by atoms with van der Waals surface area (Å²) in [5, 5.41) is 1.36. The quantitative estimate of drug-likeness (QED) is 0.556. The van der Waals surface area contributed by atoms with Gasteiger partial charge in [-0.25, -0.2) is 4.98 Å². The van der Waals surface area contributed by atoms with E-state index in [0.29, 0.717) is 23.3 Å². The zero-order valence-electron chi connectivity index (χ0n) is 13.3. The predicted molar refractivity (Wildman–Crippen MR) is 97.0 cm³/mol. The molecule has 0 radical (unpaired) electrons. The number of aryl methyl sites for hydroxylation is 1. The second-order valence-electron chi connectivity index (χ2n) is 5.40. The van der Waals surface area contributed by atoms with Crippen LogP contribution in [0.3, 0.4) is 0 Å². The van der Waals surface area contributed by atoms with Crippen LogP contribution in [0.1, 0.15) is 12.2 Å². The highest BCUT2D eigenvalue weighted by Crippen LogP contribution is 2.23. The Morgan fingerprint density at radius 1 is 1.04 bits per heavy atom. The molecule has 0 saturated heterocycles. The van der Waals surface area contributed by atoms with Gasteiger partial charge in [0.1, 0.15) is 18.2 Å². The first-order chi connectivity index (χ1) is 11.7. The number of halogens is 2. The highest BCUT2D eigenvalue weighted by atomic mass is 35.5. The smallest absolute Gasteiger partial charge is 0.148 e. The van der Waals surface area contributed by atoms with Crippen molar-refractivity contribution in [2.75, 3.05) is 13.7 Å². The SMILES string of the molecule is COCCCn1c(COc2ccc(Cl)cc2)nc2cc(Cl)ccc21. The van der Waals surface area contributed by atoms with Gasteiger partial charge in [-0.3, -0.25) is 0 Å². The molecule has 0 amide bonds. The molecular formula is C18H18Cl2N2O2. The highest BCUT2D eigenvalue weighted by molar-refractivity contribution is 6.31. The molecule has 0 aliphatic rings. The molecule has 0 fully saturated rings. The van der Waals surface area contributed by atoms with Crippen LogP contribution in [0.15, 0.2) is 42.5 Å². The first-order valence-corrected chi connectivity index (χ1v) is 8.45. The number of rotatable bonds is 7. The van der Waals surface area contributed by atoms with Gasteiger partial charge in [0.15, 0.2) is 0 Å². The van der Waals surface area contributed by atoms with Gasteiger partial charge in [0.2, 0.25) is 0 Å². The summed E-state index contributed by atoms with van der Waals surface area (Å²) in [6, 6.07) is 13.0. The number of benzene rings is 2. The van der Waals surface area contributed by atoms with Gasteiger partial charge in [-0.05, 0) is 48.9 Å². The first-order valence-electron chi connectivity index (χ1n) is 7.69. The fourth-order valence-corrected chi connectivity index (χ4v) is 2.85. The summed E-state index contributed by atoms with van der Waals surface area (Å²) < 4.78 is 13.2. The fourth-order valence-electron chi connectivity index (χ4n) is 2.56. The predicted octanol–water partition coefficient (Wildman–Crippen LogP) is 4.96. The standard InChI is InChI=1S/C18H18Cl2N2O2/c1-23-10-2-9-22-17-8-5-14(20)11-16(17)21-18(22)12-24-15-6-3-13(19)4-7-15/h3-8,11H,2,9-10,12H2,1H3. The lowest BCUT2D eigenvalue weighted by Crippen LogP contribution is -2.09. The molecular weight excluding hydrogens is 347 g/mol. The van der Waals surface area contributed by atoms with Gasteiger partial charge in [-0.1, -0.05) is 23.2 Å². The van der Waals surface area contributed by atoms with Crippen molar-refractivity contribution >= 4 is 34.2 Å². The Morgan fingerprint density at radius 2 is 1.79 bits per heavy atom. The molecule has 0 N–H and O–H groups in total. The summed E-state index contributed by atoms with van der Waals surface area (Å²) in [6.07, 6.45) is 0.901. The molecule has 1 heterocycles. The molecule has 0 saturated carbocycles. The number of nitrogens with zero attached hydrogens (tertiary/aromatic N) is 2. The maximum atomic E-state index is 6.08. The minimum atomic E-state index is 0.376. The van der Waals surface area contributed by atoms with Crippen LogP contribution in [0.5, 0.6) is 5.75 Å². The van der Waals surface area contributed by atoms with E-state index < -0.39 is 0 Å². The Hall–Kier alpha value is -1.75. The van der Waals surface area contributed by atoms with Crippen LogP contribution in [0.2, 0.25) is 10.0 Å². The number of methoxy groups -OCH3 is 1. The van der Waals surface area contributed by atoms with Crippen molar-refractivity contribution in [1.29, 1.82) is 0 Å². The van der Waals surface area contributed by atoms with E-state index in [0.717, 1.165) is 35.6 Å². The molecule has 24 heavy (non-hydrogen) atoms. The van der Waals surface area contributed by atoms with Crippen molar-refractivity contribution in [3.05, 3.63) is 58.3 Å². The van der Waals surface area contributed by atoms with E-state index in [1.54, 1.807) is 19.2 Å². The Morgan fingerprint density at radius 3 is 2.54 bits per heavy atom. The van der Waals surface area contributed by atoms with Gasteiger partial charge in [-0.2, -0.15) is 0 Å². The van der Waals surface area contributed by atoms with Crippen molar-refractivity contribution in [3.63, 3.8) is 0 Å². The number of hydrogen-bond acceptors (Lipinski definition) is 3. The topological polar surface area (TPSA) is 36.3 Å². The van der Waals surface area contributed by atoms with Crippen molar-refractivity contribution in [1.82, 2.24) is 9.55 Å². The highest BCUT2D eigenvalue weighted by Gasteiger charge is 2.12. The van der Waals surface area contributed by atoms with Gasteiger partial charge in [-0.15, -0.1) is 0 Å². The minimum Gasteiger partial charge on any atom is -0.486 e. The summed E-state index contributed by atoms with van der Waals surface area (Å²) in [6.45, 7) is 1.89. The lowest BCUT2D eigenvalue weighted by Gasteiger charge is -2.10. The summed E-state index contributed by atoms with van der Waals surface area (Å²) >= 11 is 12.0. The second kappa shape index (κ2) is 7.88. The summed E-state index contributed by atoms with van der Waals surface area (Å²) in [4.78, 5) is 4.67. The third kappa shape index (κ3) is 4.01. The van der Waals surface area contributed by atoms with Crippen LogP contribution in [0.25, 0.3) is 11.0 Å². The molecule has 6 heteroatoms. The largest absolute Gasteiger partial charge is 0.486 e. The number of fused-ring (bicyclic) bond motifs is 1. The normalized spacial score (nSPS) is 11.1. The lowest BCUT2D eigenvalue weighted by molar-refractivity contribution is 0.189. The molecule has 126 valence electrons. The Kier molecular flexibility index (Phi) is 5.61. The Balaban J connectivity index is 1.84. The lowest BCUT2D eigenvalue weighted by atomic mass is 10.3. The van der Waals surface area contributed by atoms with Crippen molar-refractivity contribution < 1.29 is 9.47 Å². The van der Waals surface area contributed by atoms with E-state index in [1.807, 2.05) is 30.3 Å². The molecule has 0 unspecified atom stereocenters. The zero-order valence-corrected chi connectivity index (χ0v) is 14.8. The second-order valence-corrected chi connectivity index (χ2v) is 6.27. The van der Waals surface area contributed by atoms with Gasteiger partial charge < -0.3 is 14.0 Å². The van der Waals surface area contributed by atoms with Crippen molar-refractivity contribution in [2.24, 2.45) is 0 Å². The average molecular weight is 365 g/mol. The van der Waals surface area contributed by atoms with Gasteiger partial charge in [0, 0.05) is 30.3 Å². The fraction of sp³-hybridized carbons (Fsp3) is 0.278. The molecule has 0 aliphatic carbocycles. The third-order valence-electron chi connectivity index (χ3n) is 3.70. The molecule has 0 atom stereocenters. The average Bonchev–Trinajstić information content (AvgIpc) is 2.91. The summed E-state index contributed by atoms with van der Waals surface area (Å²) in [5.41, 5.74) is 1.92.